The van der Waals surface area contributed by atoms with Crippen LogP contribution in [0, 0.1) is 6.92 Å². The van der Waals surface area contributed by atoms with Crippen molar-refractivity contribution in [2.24, 2.45) is 0 Å². The zero-order chi connectivity index (χ0) is 28.9. The number of aryl methyl sites for hydroxylation is 1. The first kappa shape index (κ1) is 27.2. The molecule has 208 valence electrons. The molecular formula is C36H31N3O2S. The van der Waals surface area contributed by atoms with Gasteiger partial charge in [-0.3, -0.25) is 4.79 Å². The summed E-state index contributed by atoms with van der Waals surface area (Å²) in [5, 5.41) is 5.11. The molecule has 0 bridgehead atoms. The van der Waals surface area contributed by atoms with Crippen LogP contribution in [-0.4, -0.2) is 22.6 Å². The highest BCUT2D eigenvalue weighted by molar-refractivity contribution is 7.14. The largest absolute Gasteiger partial charge is 0.497 e. The van der Waals surface area contributed by atoms with Gasteiger partial charge in [-0.05, 0) is 52.8 Å². The topological polar surface area (TPSA) is 56.1 Å². The molecule has 6 rings (SSSR count). The predicted molar refractivity (Wildman–Crippen MR) is 170 cm³/mol. The fraction of sp³-hybridized carbons (Fsp3) is 0.111. The number of hydrogen-bond acceptors (Lipinski definition) is 4. The van der Waals surface area contributed by atoms with Gasteiger partial charge in [0.25, 0.3) is 0 Å². The molecule has 2 aromatic heterocycles. The number of carbonyl (C=O) groups excluding carboxylic acids is 1. The van der Waals surface area contributed by atoms with Crippen molar-refractivity contribution >= 4 is 22.9 Å². The average Bonchev–Trinajstić information content (AvgIpc) is 3.66. The molecule has 6 aromatic rings. The maximum Gasteiger partial charge on any atom is 0.228 e. The fourth-order valence-corrected chi connectivity index (χ4v) is 6.41. The van der Waals surface area contributed by atoms with Crippen LogP contribution in [0.25, 0.3) is 10.6 Å². The molecule has 1 amide bonds. The van der Waals surface area contributed by atoms with E-state index < -0.39 is 5.54 Å². The lowest BCUT2D eigenvalue weighted by Crippen LogP contribution is -2.38. The van der Waals surface area contributed by atoms with Crippen LogP contribution in [0.15, 0.2) is 133 Å². The highest BCUT2D eigenvalue weighted by Gasteiger charge is 2.39. The summed E-state index contributed by atoms with van der Waals surface area (Å²) in [6.07, 6.45) is 2.39. The summed E-state index contributed by atoms with van der Waals surface area (Å²) in [6, 6.07) is 41.2. The van der Waals surface area contributed by atoms with E-state index in [1.807, 2.05) is 60.8 Å². The van der Waals surface area contributed by atoms with Gasteiger partial charge in [-0.2, -0.15) is 0 Å². The molecule has 1 N–H and O–H groups in total. The standard InChI is InChI=1S/C36H31N3O2S/c1-26-37-33(35-32(22-23-42-35)38-34(40)24-27-18-20-31(41-2)21-19-27)25-39(26)36(28-12-6-3-7-13-28,29-14-8-4-9-15-29)30-16-10-5-11-17-30/h3-23,25H,24H2,1-2H3,(H,38,40). The number of anilines is 1. The molecule has 0 unspecified atom stereocenters. The van der Waals surface area contributed by atoms with Gasteiger partial charge in [-0.15, -0.1) is 11.3 Å². The Morgan fingerprint density at radius 1 is 0.810 bits per heavy atom. The number of amides is 1. The maximum atomic E-state index is 13.0. The van der Waals surface area contributed by atoms with Gasteiger partial charge in [0.2, 0.25) is 5.91 Å². The number of ether oxygens (including phenoxy) is 1. The van der Waals surface area contributed by atoms with Gasteiger partial charge in [0.1, 0.15) is 22.8 Å². The Kier molecular flexibility index (Phi) is 7.71. The quantitative estimate of drug-likeness (QED) is 0.180. The van der Waals surface area contributed by atoms with Crippen LogP contribution in [0.2, 0.25) is 0 Å². The van der Waals surface area contributed by atoms with E-state index in [2.05, 4.69) is 88.9 Å². The summed E-state index contributed by atoms with van der Waals surface area (Å²) in [5.41, 5.74) is 5.23. The molecule has 6 heteroatoms. The summed E-state index contributed by atoms with van der Waals surface area (Å²) < 4.78 is 7.50. The fourth-order valence-electron chi connectivity index (χ4n) is 5.61. The minimum absolute atomic E-state index is 0.0804. The molecule has 0 atom stereocenters. The molecule has 0 aliphatic heterocycles. The third-order valence-corrected chi connectivity index (χ3v) is 8.45. The maximum absolute atomic E-state index is 13.0. The second kappa shape index (κ2) is 11.9. The number of aromatic nitrogens is 2. The van der Waals surface area contributed by atoms with Gasteiger partial charge in [0.15, 0.2) is 0 Å². The second-order valence-electron chi connectivity index (χ2n) is 10.1. The summed E-state index contributed by atoms with van der Waals surface area (Å²) in [4.78, 5) is 19.0. The van der Waals surface area contributed by atoms with Crippen molar-refractivity contribution in [3.05, 3.63) is 161 Å². The molecule has 0 radical (unpaired) electrons. The summed E-state index contributed by atoms with van der Waals surface area (Å²) >= 11 is 1.57. The van der Waals surface area contributed by atoms with Crippen LogP contribution in [0.1, 0.15) is 28.1 Å². The van der Waals surface area contributed by atoms with Crippen molar-refractivity contribution < 1.29 is 9.53 Å². The van der Waals surface area contributed by atoms with E-state index in [0.717, 1.165) is 50.1 Å². The van der Waals surface area contributed by atoms with E-state index in [4.69, 9.17) is 9.72 Å². The summed E-state index contributed by atoms with van der Waals surface area (Å²) in [6.45, 7) is 2.04. The Balaban J connectivity index is 1.42. The minimum atomic E-state index is -0.659. The van der Waals surface area contributed by atoms with E-state index in [-0.39, 0.29) is 12.3 Å². The van der Waals surface area contributed by atoms with E-state index in [0.29, 0.717) is 0 Å². The minimum Gasteiger partial charge on any atom is -0.497 e. The second-order valence-corrected chi connectivity index (χ2v) is 11.0. The van der Waals surface area contributed by atoms with Gasteiger partial charge >= 0.3 is 0 Å². The van der Waals surface area contributed by atoms with Crippen LogP contribution in [0.5, 0.6) is 5.75 Å². The van der Waals surface area contributed by atoms with Crippen molar-refractivity contribution in [3.63, 3.8) is 0 Å². The Morgan fingerprint density at radius 2 is 1.36 bits per heavy atom. The Labute approximate surface area is 250 Å². The molecule has 0 spiro atoms. The van der Waals surface area contributed by atoms with Crippen LogP contribution < -0.4 is 10.1 Å². The van der Waals surface area contributed by atoms with Gasteiger partial charge in [0.05, 0.1) is 24.1 Å². The van der Waals surface area contributed by atoms with E-state index in [1.54, 1.807) is 18.4 Å². The Bertz CT molecular complexity index is 1680. The van der Waals surface area contributed by atoms with E-state index in [9.17, 15) is 4.79 Å². The molecule has 0 saturated heterocycles. The molecule has 0 aliphatic carbocycles. The van der Waals surface area contributed by atoms with Crippen LogP contribution >= 0.6 is 11.3 Å². The highest BCUT2D eigenvalue weighted by Crippen LogP contribution is 2.43. The first-order valence-corrected chi connectivity index (χ1v) is 14.7. The lowest BCUT2D eigenvalue weighted by atomic mass is 9.76. The summed E-state index contributed by atoms with van der Waals surface area (Å²) in [7, 11) is 1.63. The SMILES string of the molecule is COc1ccc(CC(=O)Nc2ccsc2-c2cn(C(c3ccccc3)(c3ccccc3)c3ccccc3)c(C)n2)cc1. The van der Waals surface area contributed by atoms with Crippen molar-refractivity contribution in [2.45, 2.75) is 18.9 Å². The number of carbonyl (C=O) groups is 1. The van der Waals surface area contributed by atoms with E-state index in [1.165, 1.54) is 0 Å². The number of nitrogens with zero attached hydrogens (tertiary/aromatic N) is 2. The van der Waals surface area contributed by atoms with Crippen molar-refractivity contribution in [1.82, 2.24) is 9.55 Å². The predicted octanol–water partition coefficient (Wildman–Crippen LogP) is 7.95. The van der Waals surface area contributed by atoms with Gasteiger partial charge < -0.3 is 14.6 Å². The Morgan fingerprint density at radius 3 is 1.88 bits per heavy atom. The van der Waals surface area contributed by atoms with Gasteiger partial charge in [-0.25, -0.2) is 4.98 Å². The molecule has 0 fully saturated rings. The Hall–Kier alpha value is -4.94. The summed E-state index contributed by atoms with van der Waals surface area (Å²) in [5.74, 6) is 1.55. The number of imidazole rings is 1. The normalized spacial score (nSPS) is 11.3. The van der Waals surface area contributed by atoms with Crippen molar-refractivity contribution in [1.29, 1.82) is 0 Å². The van der Waals surface area contributed by atoms with Crippen molar-refractivity contribution in [3.8, 4) is 16.3 Å². The molecule has 42 heavy (non-hydrogen) atoms. The van der Waals surface area contributed by atoms with Crippen LogP contribution in [0.4, 0.5) is 5.69 Å². The lowest BCUT2D eigenvalue weighted by Gasteiger charge is -2.38. The molecule has 2 heterocycles. The number of methoxy groups -OCH3 is 1. The molecule has 0 aliphatic rings. The highest BCUT2D eigenvalue weighted by atomic mass is 32.1. The lowest BCUT2D eigenvalue weighted by molar-refractivity contribution is -0.115. The van der Waals surface area contributed by atoms with E-state index >= 15 is 0 Å². The van der Waals surface area contributed by atoms with Crippen LogP contribution in [0.3, 0.4) is 0 Å². The average molecular weight is 570 g/mol. The number of rotatable bonds is 9. The molecular weight excluding hydrogens is 538 g/mol. The zero-order valence-corrected chi connectivity index (χ0v) is 24.3. The molecule has 4 aromatic carbocycles. The first-order valence-electron chi connectivity index (χ1n) is 13.8. The third-order valence-electron chi connectivity index (χ3n) is 7.51. The van der Waals surface area contributed by atoms with Crippen molar-refractivity contribution in [2.75, 3.05) is 12.4 Å². The smallest absolute Gasteiger partial charge is 0.228 e. The van der Waals surface area contributed by atoms with Gasteiger partial charge in [-0.1, -0.05) is 103 Å². The zero-order valence-electron chi connectivity index (χ0n) is 23.5. The molecule has 5 nitrogen and oxygen atoms in total. The number of nitrogens with one attached hydrogen (secondary N) is 1. The monoisotopic (exact) mass is 569 g/mol. The number of thiophene rings is 1. The third kappa shape index (κ3) is 5.13. The number of hydrogen-bond donors (Lipinski definition) is 1. The number of benzene rings is 4. The van der Waals surface area contributed by atoms with Crippen LogP contribution in [-0.2, 0) is 16.8 Å². The molecule has 0 saturated carbocycles. The van der Waals surface area contributed by atoms with Gasteiger partial charge in [0, 0.05) is 6.20 Å². The first-order chi connectivity index (χ1) is 20.6.